The van der Waals surface area contributed by atoms with E-state index < -0.39 is 0 Å². The Morgan fingerprint density at radius 1 is 1.45 bits per heavy atom. The molecule has 2 heteroatoms. The number of anilines is 1. The largest absolute Gasteiger partial charge is 0.398 e. The maximum Gasteiger partial charge on any atom is 0.0452 e. The summed E-state index contributed by atoms with van der Waals surface area (Å²) in [5.41, 5.74) is 6.63. The molecule has 0 fully saturated rings. The van der Waals surface area contributed by atoms with Gasteiger partial charge in [0.25, 0.3) is 0 Å². The van der Waals surface area contributed by atoms with Gasteiger partial charge in [0.05, 0.1) is 0 Å². The molecule has 0 aliphatic heterocycles. The Hall–Kier alpha value is -0.630. The van der Waals surface area contributed by atoms with Crippen molar-refractivity contribution in [2.45, 2.75) is 18.2 Å². The van der Waals surface area contributed by atoms with Crippen molar-refractivity contribution in [1.29, 1.82) is 0 Å². The first-order chi connectivity index (χ1) is 5.34. The molecule has 0 heterocycles. The third-order valence-electron chi connectivity index (χ3n) is 1.38. The van der Waals surface area contributed by atoms with Gasteiger partial charge in [-0.2, -0.15) is 0 Å². The number of hydrogen-bond donors (Lipinski definition) is 1. The Bertz CT molecular complexity index is 228. The Morgan fingerprint density at radius 2 is 2.18 bits per heavy atom. The van der Waals surface area contributed by atoms with E-state index in [1.54, 1.807) is 0 Å². The highest BCUT2D eigenvalue weighted by atomic mass is 32.2. The molecule has 0 aliphatic rings. The summed E-state index contributed by atoms with van der Waals surface area (Å²) in [5.74, 6) is 1.15. The lowest BCUT2D eigenvalue weighted by Crippen LogP contribution is -1.87. The number of thioether (sulfide) groups is 1. The first-order valence-corrected chi connectivity index (χ1v) is 4.80. The molecule has 1 nitrogen and oxygen atoms in total. The summed E-state index contributed by atoms with van der Waals surface area (Å²) in [6, 6.07) is 7.99. The minimum atomic E-state index is 0. The summed E-state index contributed by atoms with van der Waals surface area (Å²) in [4.78, 5) is 1.20. The molecule has 0 saturated heterocycles. The molecule has 0 amide bonds. The van der Waals surface area contributed by atoms with Gasteiger partial charge in [-0.15, -0.1) is 11.8 Å². The SMILES string of the molecule is CCCSc1ccccc1N.[HH]. The number of benzene rings is 1. The molecular formula is C9H15NS. The average Bonchev–Trinajstić information content (AvgIpc) is 2.03. The minimum absolute atomic E-state index is 0. The summed E-state index contributed by atoms with van der Waals surface area (Å²) in [7, 11) is 0. The minimum Gasteiger partial charge on any atom is -0.398 e. The Kier molecular flexibility index (Phi) is 3.30. The summed E-state index contributed by atoms with van der Waals surface area (Å²) in [6.45, 7) is 2.17. The van der Waals surface area contributed by atoms with Crippen molar-refractivity contribution in [3.63, 3.8) is 0 Å². The molecule has 1 rings (SSSR count). The molecule has 0 radical (unpaired) electrons. The van der Waals surface area contributed by atoms with Gasteiger partial charge in [0.2, 0.25) is 0 Å². The second kappa shape index (κ2) is 4.29. The summed E-state index contributed by atoms with van der Waals surface area (Å²) < 4.78 is 0. The lowest BCUT2D eigenvalue weighted by atomic mass is 10.3. The van der Waals surface area contributed by atoms with Crippen molar-refractivity contribution >= 4 is 17.4 Å². The highest BCUT2D eigenvalue weighted by molar-refractivity contribution is 7.99. The van der Waals surface area contributed by atoms with Crippen molar-refractivity contribution in [2.24, 2.45) is 0 Å². The third-order valence-corrected chi connectivity index (χ3v) is 2.68. The molecule has 0 saturated carbocycles. The van der Waals surface area contributed by atoms with Crippen LogP contribution in [0.5, 0.6) is 0 Å². The normalized spacial score (nSPS) is 9.91. The number of nitrogen functional groups attached to an aromatic ring is 1. The second-order valence-corrected chi connectivity index (χ2v) is 3.52. The molecule has 0 bridgehead atoms. The van der Waals surface area contributed by atoms with E-state index in [9.17, 15) is 0 Å². The topological polar surface area (TPSA) is 26.0 Å². The molecule has 1 aromatic rings. The number of hydrogen-bond acceptors (Lipinski definition) is 2. The van der Waals surface area contributed by atoms with Crippen LogP contribution in [0.15, 0.2) is 29.2 Å². The van der Waals surface area contributed by atoms with E-state index in [1.165, 1.54) is 11.3 Å². The summed E-state index contributed by atoms with van der Waals surface area (Å²) in [6.07, 6.45) is 1.19. The fraction of sp³-hybridized carbons (Fsp3) is 0.333. The van der Waals surface area contributed by atoms with Crippen molar-refractivity contribution in [2.75, 3.05) is 11.5 Å². The van der Waals surface area contributed by atoms with Crippen LogP contribution >= 0.6 is 11.8 Å². The summed E-state index contributed by atoms with van der Waals surface area (Å²) in [5, 5.41) is 0. The van der Waals surface area contributed by atoms with Crippen LogP contribution in [0.25, 0.3) is 0 Å². The van der Waals surface area contributed by atoms with Crippen molar-refractivity contribution in [3.05, 3.63) is 24.3 Å². The Labute approximate surface area is 73.5 Å². The van der Waals surface area contributed by atoms with Gasteiger partial charge in [0, 0.05) is 12.0 Å². The highest BCUT2D eigenvalue weighted by Gasteiger charge is 1.95. The smallest absolute Gasteiger partial charge is 0.0452 e. The number of para-hydroxylation sites is 1. The van der Waals surface area contributed by atoms with Crippen LogP contribution in [0.2, 0.25) is 0 Å². The van der Waals surface area contributed by atoms with Gasteiger partial charge in [0.1, 0.15) is 0 Å². The van der Waals surface area contributed by atoms with Crippen LogP contribution in [0.3, 0.4) is 0 Å². The van der Waals surface area contributed by atoms with Gasteiger partial charge in [-0.05, 0) is 24.3 Å². The van der Waals surface area contributed by atoms with E-state index in [0.29, 0.717) is 0 Å². The molecule has 62 valence electrons. The van der Waals surface area contributed by atoms with E-state index >= 15 is 0 Å². The van der Waals surface area contributed by atoms with Gasteiger partial charge < -0.3 is 5.73 Å². The van der Waals surface area contributed by atoms with E-state index in [1.807, 2.05) is 30.0 Å². The zero-order valence-electron chi connectivity index (χ0n) is 6.71. The standard InChI is InChI=1S/C9H13NS.H2/c1-2-7-11-9-6-4-3-5-8(9)10;/h3-6H,2,7,10H2,1H3;1H. The average molecular weight is 169 g/mol. The fourth-order valence-corrected chi connectivity index (χ4v) is 1.66. The predicted octanol–water partition coefficient (Wildman–Crippen LogP) is 3.02. The van der Waals surface area contributed by atoms with Crippen LogP contribution in [-0.2, 0) is 0 Å². The van der Waals surface area contributed by atoms with Gasteiger partial charge in [0.15, 0.2) is 0 Å². The van der Waals surface area contributed by atoms with Crippen molar-refractivity contribution in [1.82, 2.24) is 0 Å². The maximum absolute atomic E-state index is 5.74. The van der Waals surface area contributed by atoms with E-state index in [0.717, 1.165) is 11.4 Å². The van der Waals surface area contributed by atoms with Crippen LogP contribution in [0, 0.1) is 0 Å². The molecule has 0 atom stereocenters. The van der Waals surface area contributed by atoms with Gasteiger partial charge >= 0.3 is 0 Å². The molecule has 1 aromatic carbocycles. The molecular weight excluding hydrogens is 154 g/mol. The van der Waals surface area contributed by atoms with Crippen molar-refractivity contribution < 1.29 is 1.43 Å². The lowest BCUT2D eigenvalue weighted by molar-refractivity contribution is 1.10. The van der Waals surface area contributed by atoms with E-state index in [-0.39, 0.29) is 1.43 Å². The zero-order chi connectivity index (χ0) is 8.10. The van der Waals surface area contributed by atoms with Gasteiger partial charge in [-0.1, -0.05) is 19.1 Å². The fourth-order valence-electron chi connectivity index (χ4n) is 0.824. The van der Waals surface area contributed by atoms with Gasteiger partial charge in [-0.25, -0.2) is 0 Å². The van der Waals surface area contributed by atoms with Crippen LogP contribution in [0.1, 0.15) is 14.8 Å². The first kappa shape index (κ1) is 8.47. The quantitative estimate of drug-likeness (QED) is 0.556. The van der Waals surface area contributed by atoms with Crippen LogP contribution in [0.4, 0.5) is 5.69 Å². The third kappa shape index (κ3) is 2.46. The Balaban J connectivity index is 0.00000121. The number of rotatable bonds is 3. The molecule has 2 N–H and O–H groups in total. The van der Waals surface area contributed by atoms with Gasteiger partial charge in [-0.3, -0.25) is 0 Å². The summed E-state index contributed by atoms with van der Waals surface area (Å²) >= 11 is 1.82. The molecule has 0 spiro atoms. The second-order valence-electron chi connectivity index (χ2n) is 2.39. The first-order valence-electron chi connectivity index (χ1n) is 3.82. The Morgan fingerprint density at radius 3 is 2.82 bits per heavy atom. The molecule has 0 aliphatic carbocycles. The lowest BCUT2D eigenvalue weighted by Gasteiger charge is -2.02. The van der Waals surface area contributed by atoms with E-state index in [2.05, 4.69) is 13.0 Å². The maximum atomic E-state index is 5.74. The number of nitrogens with two attached hydrogens (primary N) is 1. The van der Waals surface area contributed by atoms with E-state index in [4.69, 9.17) is 5.73 Å². The zero-order valence-corrected chi connectivity index (χ0v) is 7.53. The van der Waals surface area contributed by atoms with Crippen molar-refractivity contribution in [3.8, 4) is 0 Å². The highest BCUT2D eigenvalue weighted by Crippen LogP contribution is 2.24. The molecule has 0 unspecified atom stereocenters. The monoisotopic (exact) mass is 169 g/mol. The van der Waals surface area contributed by atoms with Crippen LogP contribution < -0.4 is 5.73 Å². The predicted molar refractivity (Wildman–Crippen MR) is 54.0 cm³/mol. The van der Waals surface area contributed by atoms with Crippen LogP contribution in [-0.4, -0.2) is 5.75 Å². The molecule has 0 aromatic heterocycles. The molecule has 11 heavy (non-hydrogen) atoms.